The highest BCUT2D eigenvalue weighted by atomic mass is 16.1. The van der Waals surface area contributed by atoms with Crippen molar-refractivity contribution in [3.05, 3.63) is 88.7 Å². The molecule has 0 bridgehead atoms. The second-order valence-corrected chi connectivity index (χ2v) is 6.49. The van der Waals surface area contributed by atoms with Crippen LogP contribution in [0.25, 0.3) is 0 Å². The Labute approximate surface area is 154 Å². The number of aromatic nitrogens is 1. The summed E-state index contributed by atoms with van der Waals surface area (Å²) in [6.07, 6.45) is 1.69. The molecule has 0 unspecified atom stereocenters. The fourth-order valence-electron chi connectivity index (χ4n) is 2.74. The first-order valence-electron chi connectivity index (χ1n) is 8.66. The van der Waals surface area contributed by atoms with Gasteiger partial charge in [0.05, 0.1) is 11.9 Å². The van der Waals surface area contributed by atoms with E-state index in [0.29, 0.717) is 12.2 Å². The van der Waals surface area contributed by atoms with Crippen molar-refractivity contribution in [2.75, 3.05) is 5.32 Å². The molecule has 4 nitrogen and oxygen atoms in total. The predicted octanol–water partition coefficient (Wildman–Crippen LogP) is 4.68. The highest BCUT2D eigenvalue weighted by molar-refractivity contribution is 5.92. The summed E-state index contributed by atoms with van der Waals surface area (Å²) >= 11 is 0. The van der Waals surface area contributed by atoms with Gasteiger partial charge in [-0.25, -0.2) is 4.98 Å². The second-order valence-electron chi connectivity index (χ2n) is 6.49. The van der Waals surface area contributed by atoms with E-state index in [4.69, 9.17) is 0 Å². The van der Waals surface area contributed by atoms with Gasteiger partial charge in [0.15, 0.2) is 0 Å². The molecule has 0 saturated heterocycles. The van der Waals surface area contributed by atoms with Crippen molar-refractivity contribution in [1.29, 1.82) is 0 Å². The summed E-state index contributed by atoms with van der Waals surface area (Å²) in [4.78, 5) is 16.6. The molecule has 3 rings (SSSR count). The third kappa shape index (κ3) is 4.28. The maximum atomic E-state index is 12.3. The first kappa shape index (κ1) is 17.7. The number of carbonyl (C=O) groups is 1. The van der Waals surface area contributed by atoms with E-state index in [-0.39, 0.29) is 5.91 Å². The molecule has 2 aromatic carbocycles. The zero-order chi connectivity index (χ0) is 18.5. The molecule has 1 heterocycles. The Hall–Kier alpha value is -3.14. The molecule has 0 aliphatic carbocycles. The number of amides is 1. The summed E-state index contributed by atoms with van der Waals surface area (Å²) in [5, 5.41) is 6.28. The molecule has 0 saturated carbocycles. The molecule has 26 heavy (non-hydrogen) atoms. The van der Waals surface area contributed by atoms with Gasteiger partial charge in [-0.15, -0.1) is 0 Å². The van der Waals surface area contributed by atoms with E-state index in [1.54, 1.807) is 12.3 Å². The molecule has 0 aliphatic heterocycles. The van der Waals surface area contributed by atoms with Gasteiger partial charge < -0.3 is 10.6 Å². The van der Waals surface area contributed by atoms with Crippen LogP contribution in [0.2, 0.25) is 0 Å². The predicted molar refractivity (Wildman–Crippen MR) is 106 cm³/mol. The standard InChI is InChI=1S/C22H23N3O/c1-15-7-9-18(10-8-15)13-24-22(26)20-12-11-19(14-23-20)25-21-16(2)5-4-6-17(21)3/h4-12,14,25H,13H2,1-3H3,(H,24,26). The third-order valence-corrected chi connectivity index (χ3v) is 4.32. The van der Waals surface area contributed by atoms with E-state index in [2.05, 4.69) is 41.6 Å². The summed E-state index contributed by atoms with van der Waals surface area (Å²) in [7, 11) is 0. The van der Waals surface area contributed by atoms with Gasteiger partial charge in [-0.1, -0.05) is 48.0 Å². The minimum atomic E-state index is -0.177. The van der Waals surface area contributed by atoms with Gasteiger partial charge in [0.2, 0.25) is 0 Å². The number of pyridine rings is 1. The molecule has 2 N–H and O–H groups in total. The molecule has 1 aromatic heterocycles. The molecule has 0 atom stereocenters. The average molecular weight is 345 g/mol. The number of carbonyl (C=O) groups excluding carboxylic acids is 1. The zero-order valence-electron chi connectivity index (χ0n) is 15.3. The Morgan fingerprint density at radius 2 is 1.62 bits per heavy atom. The number of nitrogens with one attached hydrogen (secondary N) is 2. The van der Waals surface area contributed by atoms with E-state index in [1.807, 2.05) is 43.3 Å². The van der Waals surface area contributed by atoms with Crippen molar-refractivity contribution < 1.29 is 4.79 Å². The highest BCUT2D eigenvalue weighted by Gasteiger charge is 2.08. The first-order valence-corrected chi connectivity index (χ1v) is 8.66. The van der Waals surface area contributed by atoms with Crippen LogP contribution in [-0.2, 0) is 6.54 Å². The summed E-state index contributed by atoms with van der Waals surface area (Å²) < 4.78 is 0. The summed E-state index contributed by atoms with van der Waals surface area (Å²) in [6, 6.07) is 17.9. The monoisotopic (exact) mass is 345 g/mol. The normalized spacial score (nSPS) is 10.4. The average Bonchev–Trinajstić information content (AvgIpc) is 2.65. The van der Waals surface area contributed by atoms with Crippen LogP contribution in [0.3, 0.4) is 0 Å². The zero-order valence-corrected chi connectivity index (χ0v) is 15.3. The van der Waals surface area contributed by atoms with Gasteiger partial charge in [0.25, 0.3) is 5.91 Å². The van der Waals surface area contributed by atoms with Gasteiger partial charge in [-0.2, -0.15) is 0 Å². The SMILES string of the molecule is Cc1ccc(CNC(=O)c2ccc(Nc3c(C)cccc3C)cn2)cc1. The van der Waals surface area contributed by atoms with Crippen molar-refractivity contribution in [2.24, 2.45) is 0 Å². The molecule has 1 amide bonds. The van der Waals surface area contributed by atoms with Crippen LogP contribution in [0, 0.1) is 20.8 Å². The van der Waals surface area contributed by atoms with Crippen LogP contribution < -0.4 is 10.6 Å². The van der Waals surface area contributed by atoms with Gasteiger partial charge in [-0.3, -0.25) is 4.79 Å². The minimum absolute atomic E-state index is 0.177. The smallest absolute Gasteiger partial charge is 0.270 e. The van der Waals surface area contributed by atoms with E-state index in [1.165, 1.54) is 16.7 Å². The number of aryl methyl sites for hydroxylation is 3. The fraction of sp³-hybridized carbons (Fsp3) is 0.182. The molecule has 0 fully saturated rings. The maximum absolute atomic E-state index is 12.3. The summed E-state index contributed by atoms with van der Waals surface area (Å²) in [6.45, 7) is 6.66. The number of para-hydroxylation sites is 1. The van der Waals surface area contributed by atoms with Crippen LogP contribution in [0.15, 0.2) is 60.8 Å². The fourth-order valence-corrected chi connectivity index (χ4v) is 2.74. The number of hydrogen-bond donors (Lipinski definition) is 2. The molecule has 4 heteroatoms. The van der Waals surface area contributed by atoms with Crippen LogP contribution >= 0.6 is 0 Å². The molecule has 0 spiro atoms. The number of anilines is 2. The van der Waals surface area contributed by atoms with Crippen LogP contribution in [0.1, 0.15) is 32.7 Å². The van der Waals surface area contributed by atoms with E-state index in [0.717, 1.165) is 16.9 Å². The Bertz CT molecular complexity index is 879. The molecule has 3 aromatic rings. The third-order valence-electron chi connectivity index (χ3n) is 4.32. The quantitative estimate of drug-likeness (QED) is 0.706. The summed E-state index contributed by atoms with van der Waals surface area (Å²) in [5.74, 6) is -0.177. The highest BCUT2D eigenvalue weighted by Crippen LogP contribution is 2.23. The Morgan fingerprint density at radius 3 is 2.23 bits per heavy atom. The Kier molecular flexibility index (Phi) is 5.32. The van der Waals surface area contributed by atoms with Gasteiger partial charge in [-0.05, 0) is 49.6 Å². The van der Waals surface area contributed by atoms with Crippen LogP contribution in [0.4, 0.5) is 11.4 Å². The van der Waals surface area contributed by atoms with Crippen molar-refractivity contribution in [2.45, 2.75) is 27.3 Å². The van der Waals surface area contributed by atoms with Gasteiger partial charge >= 0.3 is 0 Å². The lowest BCUT2D eigenvalue weighted by atomic mass is 10.1. The van der Waals surface area contributed by atoms with E-state index in [9.17, 15) is 4.79 Å². The van der Waals surface area contributed by atoms with E-state index < -0.39 is 0 Å². The Morgan fingerprint density at radius 1 is 0.923 bits per heavy atom. The van der Waals surface area contributed by atoms with Crippen LogP contribution in [0.5, 0.6) is 0 Å². The molecular formula is C22H23N3O. The van der Waals surface area contributed by atoms with Crippen LogP contribution in [-0.4, -0.2) is 10.9 Å². The second kappa shape index (κ2) is 7.83. The Balaban J connectivity index is 1.63. The number of nitrogens with zero attached hydrogens (tertiary/aromatic N) is 1. The maximum Gasteiger partial charge on any atom is 0.270 e. The van der Waals surface area contributed by atoms with E-state index >= 15 is 0 Å². The molecule has 0 aliphatic rings. The van der Waals surface area contributed by atoms with Crippen molar-refractivity contribution >= 4 is 17.3 Å². The van der Waals surface area contributed by atoms with Crippen molar-refractivity contribution in [3.63, 3.8) is 0 Å². The molecule has 132 valence electrons. The molecular weight excluding hydrogens is 322 g/mol. The lowest BCUT2D eigenvalue weighted by molar-refractivity contribution is 0.0946. The number of benzene rings is 2. The number of rotatable bonds is 5. The first-order chi connectivity index (χ1) is 12.5. The topological polar surface area (TPSA) is 54.0 Å². The minimum Gasteiger partial charge on any atom is -0.354 e. The lowest BCUT2D eigenvalue weighted by Crippen LogP contribution is -2.23. The lowest BCUT2D eigenvalue weighted by Gasteiger charge is -2.12. The molecule has 0 radical (unpaired) electrons. The summed E-state index contributed by atoms with van der Waals surface area (Å²) in [5.41, 5.74) is 6.95. The van der Waals surface area contributed by atoms with Gasteiger partial charge in [0.1, 0.15) is 5.69 Å². The van der Waals surface area contributed by atoms with Crippen molar-refractivity contribution in [3.8, 4) is 0 Å². The van der Waals surface area contributed by atoms with Crippen molar-refractivity contribution in [1.82, 2.24) is 10.3 Å². The largest absolute Gasteiger partial charge is 0.354 e. The van der Waals surface area contributed by atoms with Gasteiger partial charge in [0, 0.05) is 12.2 Å². The number of hydrogen-bond acceptors (Lipinski definition) is 3.